The Labute approximate surface area is 184 Å². The van der Waals surface area contributed by atoms with Crippen molar-refractivity contribution in [3.8, 4) is 11.8 Å². The molecule has 3 rings (SSSR count). The number of carboxylic acids is 1. The molecular formula is C28H42O2. The molecule has 0 saturated heterocycles. The van der Waals surface area contributed by atoms with E-state index in [4.69, 9.17) is 0 Å². The van der Waals surface area contributed by atoms with Gasteiger partial charge in [-0.3, -0.25) is 4.79 Å². The zero-order valence-corrected chi connectivity index (χ0v) is 20.1. The van der Waals surface area contributed by atoms with Gasteiger partial charge in [-0.2, -0.15) is 0 Å². The van der Waals surface area contributed by atoms with Gasteiger partial charge in [-0.15, -0.1) is 0 Å². The third-order valence-electron chi connectivity index (χ3n) is 7.79. The van der Waals surface area contributed by atoms with Crippen molar-refractivity contribution in [2.45, 2.75) is 92.9 Å². The normalized spacial score (nSPS) is 34.3. The van der Waals surface area contributed by atoms with Crippen LogP contribution in [0.25, 0.3) is 0 Å². The molecule has 3 unspecified atom stereocenters. The third kappa shape index (κ3) is 5.60. The molecule has 2 heteroatoms. The molecule has 0 radical (unpaired) electrons. The summed E-state index contributed by atoms with van der Waals surface area (Å²) in [5.74, 6) is 8.96. The van der Waals surface area contributed by atoms with E-state index >= 15 is 0 Å². The molecule has 0 aromatic rings. The number of rotatable bonds is 3. The molecule has 3 aliphatic carbocycles. The number of hydrogen-bond donors (Lipinski definition) is 1. The first kappa shape index (κ1) is 23.2. The molecule has 166 valence electrons. The second kappa shape index (κ2) is 8.94. The Kier molecular flexibility index (Phi) is 6.91. The highest BCUT2D eigenvalue weighted by molar-refractivity contribution is 5.70. The molecular weight excluding hydrogens is 368 g/mol. The summed E-state index contributed by atoms with van der Waals surface area (Å²) in [6, 6.07) is 0. The maximum absolute atomic E-state index is 11.2. The first-order valence-electron chi connectivity index (χ1n) is 12.1. The number of allylic oxidation sites excluding steroid dienone is 4. The standard InChI is InChI=1S/C28H42O2/c1-19-18-28(5,6)25-14-11-21(17-24(25)23(19)15-16-27(2,3)4)8-7-20-9-12-22(13-10-20)26(29)30/h7-8,20-22,24-25H,9-14,17-18H2,1-6H3,(H,29,30)/b8-7+. The molecule has 0 spiro atoms. The Morgan fingerprint density at radius 1 is 1.03 bits per heavy atom. The van der Waals surface area contributed by atoms with Gasteiger partial charge in [0.1, 0.15) is 0 Å². The van der Waals surface area contributed by atoms with E-state index in [1.165, 1.54) is 36.8 Å². The smallest absolute Gasteiger partial charge is 0.306 e. The van der Waals surface area contributed by atoms with Gasteiger partial charge >= 0.3 is 5.97 Å². The summed E-state index contributed by atoms with van der Waals surface area (Å²) in [5, 5.41) is 9.22. The molecule has 0 amide bonds. The number of aliphatic carboxylic acids is 1. The minimum absolute atomic E-state index is 0.0402. The van der Waals surface area contributed by atoms with Crippen molar-refractivity contribution in [2.75, 3.05) is 0 Å². The van der Waals surface area contributed by atoms with Gasteiger partial charge in [-0.25, -0.2) is 0 Å². The Bertz CT molecular complexity index is 757. The second-order valence-electron chi connectivity index (χ2n) is 12.0. The third-order valence-corrected chi connectivity index (χ3v) is 7.79. The summed E-state index contributed by atoms with van der Waals surface area (Å²) in [4.78, 5) is 11.2. The molecule has 2 nitrogen and oxygen atoms in total. The van der Waals surface area contributed by atoms with E-state index in [0.717, 1.165) is 31.6 Å². The second-order valence-corrected chi connectivity index (χ2v) is 12.0. The van der Waals surface area contributed by atoms with Gasteiger partial charge in [0, 0.05) is 11.0 Å². The molecule has 3 aliphatic rings. The Morgan fingerprint density at radius 3 is 2.23 bits per heavy atom. The number of carbonyl (C=O) groups is 1. The summed E-state index contributed by atoms with van der Waals surface area (Å²) >= 11 is 0. The first-order valence-corrected chi connectivity index (χ1v) is 12.1. The van der Waals surface area contributed by atoms with Crippen LogP contribution in [0.3, 0.4) is 0 Å². The summed E-state index contributed by atoms with van der Waals surface area (Å²) in [5.41, 5.74) is 3.35. The van der Waals surface area contributed by atoms with Crippen LogP contribution in [0.4, 0.5) is 0 Å². The van der Waals surface area contributed by atoms with Gasteiger partial charge in [0.25, 0.3) is 0 Å². The van der Waals surface area contributed by atoms with E-state index in [1.807, 2.05) is 0 Å². The van der Waals surface area contributed by atoms with E-state index in [2.05, 4.69) is 65.5 Å². The van der Waals surface area contributed by atoms with Crippen molar-refractivity contribution in [3.05, 3.63) is 23.3 Å². The fourth-order valence-electron chi connectivity index (χ4n) is 6.19. The Balaban J connectivity index is 1.71. The van der Waals surface area contributed by atoms with Crippen molar-refractivity contribution < 1.29 is 9.90 Å². The largest absolute Gasteiger partial charge is 0.481 e. The van der Waals surface area contributed by atoms with Crippen LogP contribution in [-0.2, 0) is 4.79 Å². The predicted molar refractivity (Wildman–Crippen MR) is 125 cm³/mol. The highest BCUT2D eigenvalue weighted by Gasteiger charge is 2.44. The first-order chi connectivity index (χ1) is 14.0. The number of hydrogen-bond acceptors (Lipinski definition) is 1. The van der Waals surface area contributed by atoms with Gasteiger partial charge in [0.2, 0.25) is 0 Å². The SMILES string of the molecule is CC1=C(C#CC(C)(C)C)C2CC(/C=C/C3CCC(C(=O)O)CC3)CCC2C(C)(C)C1. The summed E-state index contributed by atoms with van der Waals surface area (Å²) in [7, 11) is 0. The Hall–Kier alpha value is -1.49. The number of fused-ring (bicyclic) bond motifs is 1. The van der Waals surface area contributed by atoms with Gasteiger partial charge in [-0.05, 0) is 108 Å². The lowest BCUT2D eigenvalue weighted by atomic mass is 9.56. The van der Waals surface area contributed by atoms with E-state index in [-0.39, 0.29) is 11.3 Å². The topological polar surface area (TPSA) is 37.3 Å². The summed E-state index contributed by atoms with van der Waals surface area (Å²) < 4.78 is 0. The molecule has 0 aliphatic heterocycles. The monoisotopic (exact) mass is 410 g/mol. The van der Waals surface area contributed by atoms with E-state index in [1.54, 1.807) is 0 Å². The molecule has 30 heavy (non-hydrogen) atoms. The van der Waals surface area contributed by atoms with Crippen LogP contribution in [0.2, 0.25) is 0 Å². The lowest BCUT2D eigenvalue weighted by Crippen LogP contribution is -2.40. The number of carboxylic acid groups (broad SMARTS) is 1. The van der Waals surface area contributed by atoms with Crippen LogP contribution in [0.5, 0.6) is 0 Å². The van der Waals surface area contributed by atoms with Crippen LogP contribution < -0.4 is 0 Å². The van der Waals surface area contributed by atoms with Gasteiger partial charge < -0.3 is 5.11 Å². The van der Waals surface area contributed by atoms with E-state index in [9.17, 15) is 9.90 Å². The molecule has 3 atom stereocenters. The molecule has 0 aromatic heterocycles. The fourth-order valence-corrected chi connectivity index (χ4v) is 6.19. The minimum Gasteiger partial charge on any atom is -0.481 e. The van der Waals surface area contributed by atoms with E-state index in [0.29, 0.717) is 23.2 Å². The summed E-state index contributed by atoms with van der Waals surface area (Å²) in [6.45, 7) is 13.8. The molecule has 2 fully saturated rings. The van der Waals surface area contributed by atoms with Crippen LogP contribution in [-0.4, -0.2) is 11.1 Å². The van der Waals surface area contributed by atoms with Crippen molar-refractivity contribution >= 4 is 5.97 Å². The highest BCUT2D eigenvalue weighted by Crippen LogP contribution is 2.54. The molecule has 0 aromatic carbocycles. The molecule has 0 bridgehead atoms. The van der Waals surface area contributed by atoms with Crippen molar-refractivity contribution in [3.63, 3.8) is 0 Å². The van der Waals surface area contributed by atoms with Gasteiger partial charge in [0.15, 0.2) is 0 Å². The molecule has 1 N–H and O–H groups in total. The molecule has 0 heterocycles. The zero-order chi connectivity index (χ0) is 22.1. The van der Waals surface area contributed by atoms with Crippen molar-refractivity contribution in [2.24, 2.45) is 40.4 Å². The predicted octanol–water partition coefficient (Wildman–Crippen LogP) is 7.26. The van der Waals surface area contributed by atoms with Crippen LogP contribution in [0.1, 0.15) is 92.9 Å². The van der Waals surface area contributed by atoms with Gasteiger partial charge in [0.05, 0.1) is 5.92 Å². The average Bonchev–Trinajstić information content (AvgIpc) is 2.65. The van der Waals surface area contributed by atoms with E-state index < -0.39 is 5.97 Å². The lowest BCUT2D eigenvalue weighted by Gasteiger charge is -2.49. The minimum atomic E-state index is -0.610. The van der Waals surface area contributed by atoms with Crippen LogP contribution in [0, 0.1) is 52.3 Å². The Morgan fingerprint density at radius 2 is 1.63 bits per heavy atom. The average molecular weight is 411 g/mol. The fraction of sp³-hybridized carbons (Fsp3) is 0.750. The molecule has 2 saturated carbocycles. The summed E-state index contributed by atoms with van der Waals surface area (Å²) in [6.07, 6.45) is 13.6. The van der Waals surface area contributed by atoms with Crippen LogP contribution in [0.15, 0.2) is 23.3 Å². The van der Waals surface area contributed by atoms with Gasteiger partial charge in [-0.1, -0.05) is 43.4 Å². The quantitative estimate of drug-likeness (QED) is 0.392. The lowest BCUT2D eigenvalue weighted by molar-refractivity contribution is -0.142. The highest BCUT2D eigenvalue weighted by atomic mass is 16.4. The van der Waals surface area contributed by atoms with Crippen molar-refractivity contribution in [1.29, 1.82) is 0 Å². The van der Waals surface area contributed by atoms with Crippen LogP contribution >= 0.6 is 0 Å². The maximum Gasteiger partial charge on any atom is 0.306 e. The zero-order valence-electron chi connectivity index (χ0n) is 20.1. The maximum atomic E-state index is 11.2. The van der Waals surface area contributed by atoms with Crippen molar-refractivity contribution in [1.82, 2.24) is 0 Å².